The van der Waals surface area contributed by atoms with E-state index in [1.54, 1.807) is 54.6 Å². The van der Waals surface area contributed by atoms with Crippen LogP contribution in [-0.4, -0.2) is 40.2 Å². The number of carbonyl (C=O) groups excluding carboxylic acids is 3. The molecule has 0 spiro atoms. The predicted molar refractivity (Wildman–Crippen MR) is 232 cm³/mol. The SMILES string of the molecule is Cc1ccccc1NC(=O)Nc1ccc(O)c(Cl)c1.N#Cc1ccc(NC(=O)Nc2ccc(O)c(Cl)c2)cc1.O=C(Nc1ccc(O)c(Cl)c1)Nc1ccc2c(c1)OCO2. The van der Waals surface area contributed by atoms with Crippen LogP contribution >= 0.6 is 34.8 Å². The van der Waals surface area contributed by atoms with Gasteiger partial charge in [-0.2, -0.15) is 5.26 Å². The molecule has 1 aliphatic rings. The first-order valence-corrected chi connectivity index (χ1v) is 18.5. The summed E-state index contributed by atoms with van der Waals surface area (Å²) < 4.78 is 10.4. The van der Waals surface area contributed by atoms with Crippen LogP contribution in [0.15, 0.2) is 121 Å². The van der Waals surface area contributed by atoms with Crippen molar-refractivity contribution in [3.05, 3.63) is 148 Å². The Hall–Kier alpha value is -7.51. The molecule has 306 valence electrons. The average Bonchev–Trinajstić information content (AvgIpc) is 3.69. The number of anilines is 6. The molecule has 0 fully saturated rings. The van der Waals surface area contributed by atoms with Gasteiger partial charge in [-0.15, -0.1) is 0 Å². The number of benzene rings is 6. The number of phenols is 3. The van der Waals surface area contributed by atoms with Gasteiger partial charge < -0.3 is 56.7 Å². The Bertz CT molecular complexity index is 2550. The molecule has 6 amide bonds. The number of para-hydroxylation sites is 1. The summed E-state index contributed by atoms with van der Waals surface area (Å²) in [6.07, 6.45) is 0. The van der Waals surface area contributed by atoms with Gasteiger partial charge in [0, 0.05) is 40.2 Å². The van der Waals surface area contributed by atoms with E-state index >= 15 is 0 Å². The number of ether oxygens (including phenoxy) is 2. The topological polar surface area (TPSA) is 226 Å². The number of urea groups is 3. The molecule has 1 aliphatic heterocycles. The monoisotopic (exact) mass is 869 g/mol. The second-order valence-electron chi connectivity index (χ2n) is 12.3. The number of phenolic OH excluding ortho intramolecular Hbond substituents is 3. The zero-order valence-electron chi connectivity index (χ0n) is 31.2. The van der Waals surface area contributed by atoms with E-state index in [-0.39, 0.29) is 45.1 Å². The van der Waals surface area contributed by atoms with Crippen molar-refractivity contribution in [2.24, 2.45) is 0 Å². The van der Waals surface area contributed by atoms with E-state index in [4.69, 9.17) is 49.5 Å². The summed E-state index contributed by atoms with van der Waals surface area (Å²) in [7, 11) is 0. The van der Waals surface area contributed by atoms with Crippen LogP contribution in [0, 0.1) is 18.3 Å². The van der Waals surface area contributed by atoms with Gasteiger partial charge in [0.15, 0.2) is 11.5 Å². The summed E-state index contributed by atoms with van der Waals surface area (Å²) in [6.45, 7) is 2.09. The number of carbonyl (C=O) groups is 3. The number of fused-ring (bicyclic) bond motifs is 1. The highest BCUT2D eigenvalue weighted by Crippen LogP contribution is 2.34. The summed E-state index contributed by atoms with van der Waals surface area (Å²) in [5, 5.41) is 52.9. The molecule has 7 rings (SSSR count). The third-order valence-corrected chi connectivity index (χ3v) is 8.82. The molecule has 6 aromatic rings. The Morgan fingerprint density at radius 1 is 0.533 bits per heavy atom. The molecular weight excluding hydrogens is 837 g/mol. The number of hydrogen-bond donors (Lipinski definition) is 9. The number of aromatic hydroxyl groups is 3. The van der Waals surface area contributed by atoms with Crippen LogP contribution in [0.25, 0.3) is 0 Å². The molecule has 0 bridgehead atoms. The van der Waals surface area contributed by atoms with Crippen LogP contribution in [-0.2, 0) is 0 Å². The fraction of sp³-hybridized carbons (Fsp3) is 0.0476. The third-order valence-electron chi connectivity index (χ3n) is 7.91. The van der Waals surface area contributed by atoms with Gasteiger partial charge in [0.05, 0.1) is 26.7 Å². The van der Waals surface area contributed by atoms with E-state index in [0.29, 0.717) is 45.5 Å². The second kappa shape index (κ2) is 20.8. The van der Waals surface area contributed by atoms with Crippen LogP contribution in [0.5, 0.6) is 28.7 Å². The van der Waals surface area contributed by atoms with Crippen LogP contribution in [0.4, 0.5) is 48.5 Å². The van der Waals surface area contributed by atoms with E-state index in [1.807, 2.05) is 37.3 Å². The minimum atomic E-state index is -0.448. The summed E-state index contributed by atoms with van der Waals surface area (Å²) in [4.78, 5) is 35.4. The van der Waals surface area contributed by atoms with Crippen LogP contribution in [0.3, 0.4) is 0 Å². The maximum absolute atomic E-state index is 11.9. The number of nitrogens with one attached hydrogen (secondary N) is 6. The van der Waals surface area contributed by atoms with Gasteiger partial charge in [0.1, 0.15) is 17.2 Å². The molecule has 0 saturated carbocycles. The molecule has 60 heavy (non-hydrogen) atoms. The first-order valence-electron chi connectivity index (χ1n) is 17.4. The van der Waals surface area contributed by atoms with Gasteiger partial charge >= 0.3 is 18.1 Å². The Balaban J connectivity index is 0.000000171. The molecule has 0 aliphatic carbocycles. The molecular formula is C42H34Cl3N7O8. The molecule has 9 N–H and O–H groups in total. The summed E-state index contributed by atoms with van der Waals surface area (Å²) in [6, 6.07) is 33.0. The van der Waals surface area contributed by atoms with Crippen LogP contribution in [0.2, 0.25) is 15.1 Å². The number of halogens is 3. The van der Waals surface area contributed by atoms with Gasteiger partial charge in [-0.3, -0.25) is 0 Å². The van der Waals surface area contributed by atoms with Crippen molar-refractivity contribution in [2.45, 2.75) is 6.92 Å². The van der Waals surface area contributed by atoms with Crippen molar-refractivity contribution in [3.63, 3.8) is 0 Å². The molecule has 1 heterocycles. The zero-order chi connectivity index (χ0) is 43.2. The highest BCUT2D eigenvalue weighted by Gasteiger charge is 2.14. The van der Waals surface area contributed by atoms with Gasteiger partial charge in [0.25, 0.3) is 0 Å². The largest absolute Gasteiger partial charge is 0.506 e. The Labute approximate surface area is 358 Å². The lowest BCUT2D eigenvalue weighted by Crippen LogP contribution is -2.19. The van der Waals surface area contributed by atoms with E-state index in [1.165, 1.54) is 42.5 Å². The molecule has 0 unspecified atom stereocenters. The number of nitrogens with zero attached hydrogens (tertiary/aromatic N) is 1. The van der Waals surface area contributed by atoms with Crippen molar-refractivity contribution in [1.82, 2.24) is 0 Å². The predicted octanol–water partition coefficient (Wildman–Crippen LogP) is 11.0. The zero-order valence-corrected chi connectivity index (χ0v) is 33.5. The third kappa shape index (κ3) is 13.0. The van der Waals surface area contributed by atoms with E-state index in [9.17, 15) is 29.7 Å². The lowest BCUT2D eigenvalue weighted by Gasteiger charge is -2.10. The first-order chi connectivity index (χ1) is 28.8. The van der Waals surface area contributed by atoms with Crippen molar-refractivity contribution in [3.8, 4) is 34.8 Å². The maximum atomic E-state index is 11.9. The molecule has 18 heteroatoms. The number of hydrogen-bond acceptors (Lipinski definition) is 9. The summed E-state index contributed by atoms with van der Waals surface area (Å²) in [5.74, 6) is 1.11. The van der Waals surface area contributed by atoms with Crippen molar-refractivity contribution >= 4 is 87.0 Å². The smallest absolute Gasteiger partial charge is 0.323 e. The van der Waals surface area contributed by atoms with Crippen LogP contribution < -0.4 is 41.4 Å². The number of amides is 6. The minimum Gasteiger partial charge on any atom is -0.506 e. The fourth-order valence-electron chi connectivity index (χ4n) is 4.94. The lowest BCUT2D eigenvalue weighted by atomic mass is 10.2. The summed E-state index contributed by atoms with van der Waals surface area (Å²) >= 11 is 17.3. The quantitative estimate of drug-likeness (QED) is 0.0725. The van der Waals surface area contributed by atoms with Gasteiger partial charge in [-0.1, -0.05) is 53.0 Å². The molecule has 6 aromatic carbocycles. The van der Waals surface area contributed by atoms with Gasteiger partial charge in [-0.25, -0.2) is 14.4 Å². The standard InChI is InChI=1S/C14H10ClN3O2.C14H11ClN2O4.C14H13ClN2O2/c15-12-7-11(5-6-13(12)19)18-14(20)17-10-3-1-9(8-16)2-4-10;15-10-5-8(1-3-11(10)18)16-14(19)17-9-2-4-12-13(6-9)21-7-20-12;1-9-4-2-3-5-12(9)17-14(19)16-10-6-7-13(18)11(15)8-10/h1-7,19H,(H2,17,18,20);1-6,18H,7H2,(H2,16,17,19);2-8,18H,1H3,(H2,16,17,19). The molecule has 0 aromatic heterocycles. The molecule has 0 saturated heterocycles. The average molecular weight is 871 g/mol. The molecule has 15 nitrogen and oxygen atoms in total. The van der Waals surface area contributed by atoms with Crippen molar-refractivity contribution in [1.29, 1.82) is 5.26 Å². The number of aryl methyl sites for hydroxylation is 1. The molecule has 0 radical (unpaired) electrons. The highest BCUT2D eigenvalue weighted by molar-refractivity contribution is 6.33. The van der Waals surface area contributed by atoms with E-state index in [2.05, 4.69) is 31.9 Å². The first kappa shape index (κ1) is 43.6. The number of rotatable bonds is 6. The van der Waals surface area contributed by atoms with E-state index in [0.717, 1.165) is 11.3 Å². The maximum Gasteiger partial charge on any atom is 0.323 e. The normalized spacial score (nSPS) is 10.6. The second-order valence-corrected chi connectivity index (χ2v) is 13.5. The Morgan fingerprint density at radius 2 is 0.933 bits per heavy atom. The van der Waals surface area contributed by atoms with Crippen molar-refractivity contribution < 1.29 is 39.2 Å². The Kier molecular flexibility index (Phi) is 15.1. The lowest BCUT2D eigenvalue weighted by molar-refractivity contribution is 0.174. The fourth-order valence-corrected chi connectivity index (χ4v) is 5.48. The highest BCUT2D eigenvalue weighted by atomic mass is 35.5. The van der Waals surface area contributed by atoms with Gasteiger partial charge in [0.2, 0.25) is 6.79 Å². The van der Waals surface area contributed by atoms with Crippen molar-refractivity contribution in [2.75, 3.05) is 38.7 Å². The summed E-state index contributed by atoms with van der Waals surface area (Å²) in [5.41, 5.74) is 4.80. The van der Waals surface area contributed by atoms with Gasteiger partial charge in [-0.05, 0) is 110 Å². The minimum absolute atomic E-state index is 0.0217. The molecule has 0 atom stereocenters. The number of nitriles is 1. The van der Waals surface area contributed by atoms with Crippen LogP contribution in [0.1, 0.15) is 11.1 Å². The Morgan fingerprint density at radius 3 is 1.40 bits per heavy atom. The van der Waals surface area contributed by atoms with E-state index < -0.39 is 12.1 Å².